The lowest BCUT2D eigenvalue weighted by molar-refractivity contribution is -0.124. The average molecular weight is 349 g/mol. The molecule has 0 radical (unpaired) electrons. The Hall–Kier alpha value is -2.86. The topological polar surface area (TPSA) is 58.2 Å². The van der Waals surface area contributed by atoms with Crippen molar-refractivity contribution >= 4 is 39.8 Å². The third-order valence-corrected chi connectivity index (χ3v) is 4.89. The Labute approximate surface area is 149 Å². The van der Waals surface area contributed by atoms with Gasteiger partial charge in [0.25, 0.3) is 0 Å². The first-order chi connectivity index (χ1) is 12.3. The summed E-state index contributed by atoms with van der Waals surface area (Å²) in [6.07, 6.45) is 3.11. The number of amidine groups is 1. The average Bonchev–Trinajstić information content (AvgIpc) is 3.27. The Bertz CT molecular complexity index is 958. The lowest BCUT2D eigenvalue weighted by Crippen LogP contribution is -2.28. The van der Waals surface area contributed by atoms with Gasteiger partial charge in [0, 0.05) is 0 Å². The van der Waals surface area contributed by atoms with E-state index in [2.05, 4.69) is 28.4 Å². The van der Waals surface area contributed by atoms with Crippen molar-refractivity contribution in [2.45, 2.75) is 6.54 Å². The zero-order chi connectivity index (χ0) is 17.1. The van der Waals surface area contributed by atoms with Crippen LogP contribution in [0, 0.1) is 0 Å². The fourth-order valence-corrected chi connectivity index (χ4v) is 3.56. The predicted molar refractivity (Wildman–Crippen MR) is 101 cm³/mol. The van der Waals surface area contributed by atoms with Crippen LogP contribution in [0.15, 0.2) is 75.5 Å². The lowest BCUT2D eigenvalue weighted by atomic mass is 10.0. The summed E-state index contributed by atoms with van der Waals surface area (Å²) in [7, 11) is 0. The molecule has 1 aliphatic rings. The van der Waals surface area contributed by atoms with Crippen molar-refractivity contribution in [3.63, 3.8) is 0 Å². The van der Waals surface area contributed by atoms with Gasteiger partial charge in [-0.1, -0.05) is 54.2 Å². The van der Waals surface area contributed by atoms with E-state index >= 15 is 0 Å². The molecule has 2 heterocycles. The summed E-state index contributed by atoms with van der Waals surface area (Å²) < 4.78 is 5.18. The maximum absolute atomic E-state index is 12.3. The Kier molecular flexibility index (Phi) is 4.35. The maximum atomic E-state index is 12.3. The van der Waals surface area contributed by atoms with Gasteiger partial charge in [0.15, 0.2) is 5.17 Å². The van der Waals surface area contributed by atoms with Crippen molar-refractivity contribution in [3.8, 4) is 0 Å². The van der Waals surface area contributed by atoms with Crippen LogP contribution in [-0.2, 0) is 11.3 Å². The van der Waals surface area contributed by atoms with Crippen molar-refractivity contribution in [1.29, 1.82) is 0 Å². The largest absolute Gasteiger partial charge is 0.463 e. The van der Waals surface area contributed by atoms with Crippen LogP contribution in [0.5, 0.6) is 0 Å². The van der Waals surface area contributed by atoms with Crippen LogP contribution in [0.1, 0.15) is 11.3 Å². The van der Waals surface area contributed by atoms with Gasteiger partial charge in [-0.3, -0.25) is 9.69 Å². The highest BCUT2D eigenvalue weighted by molar-refractivity contribution is 8.15. The SMILES string of the molecule is O=C1CSC(=NN=Cc2ccco2)N1Cc1cccc2ccccc12. The molecule has 1 saturated heterocycles. The number of benzene rings is 2. The number of thioether (sulfide) groups is 1. The molecule has 0 saturated carbocycles. The van der Waals surface area contributed by atoms with E-state index in [0.29, 0.717) is 23.2 Å². The highest BCUT2D eigenvalue weighted by Crippen LogP contribution is 2.25. The van der Waals surface area contributed by atoms with Crippen LogP contribution in [-0.4, -0.2) is 27.9 Å². The number of carbonyl (C=O) groups excluding carboxylic acids is 1. The number of nitrogens with zero attached hydrogens (tertiary/aromatic N) is 3. The van der Waals surface area contributed by atoms with Gasteiger partial charge in [0.2, 0.25) is 5.91 Å². The van der Waals surface area contributed by atoms with Gasteiger partial charge in [-0.05, 0) is 28.5 Å². The Morgan fingerprint density at radius 3 is 2.88 bits per heavy atom. The molecule has 0 aliphatic carbocycles. The first kappa shape index (κ1) is 15.7. The van der Waals surface area contributed by atoms with Crippen LogP contribution in [0.4, 0.5) is 0 Å². The van der Waals surface area contributed by atoms with Crippen molar-refractivity contribution in [3.05, 3.63) is 72.2 Å². The van der Waals surface area contributed by atoms with Gasteiger partial charge in [0.05, 0.1) is 24.8 Å². The number of hydrogen-bond acceptors (Lipinski definition) is 5. The molecule has 124 valence electrons. The third-order valence-electron chi connectivity index (χ3n) is 3.94. The standard InChI is InChI=1S/C19H15N3O2S/c23-18-13-25-19(21-20-11-16-8-4-10-24-16)22(18)12-15-7-3-6-14-5-1-2-9-17(14)15/h1-11H,12-13H2. The zero-order valence-electron chi connectivity index (χ0n) is 13.3. The van der Waals surface area contributed by atoms with E-state index < -0.39 is 0 Å². The number of hydrogen-bond donors (Lipinski definition) is 0. The molecule has 1 aliphatic heterocycles. The molecular weight excluding hydrogens is 334 g/mol. The first-order valence-corrected chi connectivity index (χ1v) is 8.84. The van der Waals surface area contributed by atoms with E-state index in [-0.39, 0.29) is 5.91 Å². The molecule has 3 aromatic rings. The molecule has 0 atom stereocenters. The van der Waals surface area contributed by atoms with Crippen molar-refractivity contribution in [2.24, 2.45) is 10.2 Å². The Morgan fingerprint density at radius 1 is 1.12 bits per heavy atom. The summed E-state index contributed by atoms with van der Waals surface area (Å²) in [4.78, 5) is 14.0. The molecule has 1 fully saturated rings. The third kappa shape index (κ3) is 3.34. The smallest absolute Gasteiger partial charge is 0.239 e. The summed E-state index contributed by atoms with van der Waals surface area (Å²) in [5.74, 6) is 1.06. The highest BCUT2D eigenvalue weighted by atomic mass is 32.2. The van der Waals surface area contributed by atoms with E-state index in [0.717, 1.165) is 16.3 Å². The van der Waals surface area contributed by atoms with Crippen LogP contribution in [0.2, 0.25) is 0 Å². The number of amides is 1. The van der Waals surface area contributed by atoms with Gasteiger partial charge in [-0.2, -0.15) is 5.10 Å². The second-order valence-electron chi connectivity index (χ2n) is 5.55. The van der Waals surface area contributed by atoms with Gasteiger partial charge in [0.1, 0.15) is 5.76 Å². The van der Waals surface area contributed by atoms with Crippen molar-refractivity contribution in [2.75, 3.05) is 5.75 Å². The molecule has 1 amide bonds. The molecule has 6 heteroatoms. The first-order valence-electron chi connectivity index (χ1n) is 7.85. The zero-order valence-corrected chi connectivity index (χ0v) is 14.1. The summed E-state index contributed by atoms with van der Waals surface area (Å²) in [5.41, 5.74) is 1.09. The fraction of sp³-hybridized carbons (Fsp3) is 0.105. The minimum Gasteiger partial charge on any atom is -0.463 e. The van der Waals surface area contributed by atoms with Gasteiger partial charge >= 0.3 is 0 Å². The van der Waals surface area contributed by atoms with Crippen LogP contribution >= 0.6 is 11.8 Å². The van der Waals surface area contributed by atoms with Gasteiger partial charge in [-0.15, -0.1) is 5.10 Å². The normalized spacial score (nSPS) is 16.6. The minimum absolute atomic E-state index is 0.0462. The summed E-state index contributed by atoms with van der Waals surface area (Å²) >= 11 is 1.40. The second kappa shape index (κ2) is 6.94. The maximum Gasteiger partial charge on any atom is 0.239 e. The molecule has 25 heavy (non-hydrogen) atoms. The quantitative estimate of drug-likeness (QED) is 0.530. The predicted octanol–water partition coefficient (Wildman–Crippen LogP) is 3.90. The van der Waals surface area contributed by atoms with Crippen molar-refractivity contribution in [1.82, 2.24) is 4.90 Å². The molecule has 2 aromatic carbocycles. The summed E-state index contributed by atoms with van der Waals surface area (Å²) in [5, 5.41) is 11.2. The number of fused-ring (bicyclic) bond motifs is 1. The van der Waals surface area contributed by atoms with Crippen LogP contribution in [0.3, 0.4) is 0 Å². The number of carbonyl (C=O) groups is 1. The van der Waals surface area contributed by atoms with Crippen LogP contribution in [0.25, 0.3) is 10.8 Å². The van der Waals surface area contributed by atoms with E-state index in [1.165, 1.54) is 18.0 Å². The van der Waals surface area contributed by atoms with E-state index in [4.69, 9.17) is 4.42 Å². The molecule has 1 aromatic heterocycles. The molecule has 0 spiro atoms. The molecular formula is C19H15N3O2S. The van der Waals surface area contributed by atoms with Crippen molar-refractivity contribution < 1.29 is 9.21 Å². The summed E-state index contributed by atoms with van der Waals surface area (Å²) in [6, 6.07) is 17.9. The van der Waals surface area contributed by atoms with E-state index in [1.807, 2.05) is 24.3 Å². The monoisotopic (exact) mass is 349 g/mol. The lowest BCUT2D eigenvalue weighted by Gasteiger charge is -2.16. The van der Waals surface area contributed by atoms with Gasteiger partial charge < -0.3 is 4.42 Å². The Balaban J connectivity index is 1.60. The highest BCUT2D eigenvalue weighted by Gasteiger charge is 2.28. The number of furan rings is 1. The van der Waals surface area contributed by atoms with E-state index in [9.17, 15) is 4.79 Å². The molecule has 0 N–H and O–H groups in total. The fourth-order valence-electron chi connectivity index (χ4n) is 2.73. The molecule has 0 unspecified atom stereocenters. The van der Waals surface area contributed by atoms with Gasteiger partial charge in [-0.25, -0.2) is 0 Å². The minimum atomic E-state index is 0.0462. The molecule has 4 rings (SSSR count). The van der Waals surface area contributed by atoms with Crippen LogP contribution < -0.4 is 0 Å². The summed E-state index contributed by atoms with van der Waals surface area (Å²) in [6.45, 7) is 0.488. The second-order valence-corrected chi connectivity index (χ2v) is 6.49. The number of rotatable bonds is 4. The van der Waals surface area contributed by atoms with E-state index in [1.54, 1.807) is 23.3 Å². The Morgan fingerprint density at radius 2 is 2.00 bits per heavy atom. The molecule has 0 bridgehead atoms. The molecule has 5 nitrogen and oxygen atoms in total.